The Balaban J connectivity index is 2.66. The van der Waals surface area contributed by atoms with Crippen LogP contribution in [0.1, 0.15) is 5.69 Å². The van der Waals surface area contributed by atoms with Crippen LogP contribution in [0.15, 0.2) is 30.3 Å². The molecule has 1 aromatic carbocycles. The van der Waals surface area contributed by atoms with Crippen molar-refractivity contribution in [3.8, 4) is 11.3 Å². The highest BCUT2D eigenvalue weighted by atomic mass is 15.0. The zero-order chi connectivity index (χ0) is 12.3. The van der Waals surface area contributed by atoms with Crippen LogP contribution >= 0.6 is 0 Å². The number of hydrogen-bond acceptors (Lipinski definition) is 2. The van der Waals surface area contributed by atoms with Crippen molar-refractivity contribution in [2.75, 3.05) is 0 Å². The maximum atomic E-state index is 7.00. The first-order chi connectivity index (χ1) is 8.26. The van der Waals surface area contributed by atoms with Gasteiger partial charge in [0.1, 0.15) is 0 Å². The van der Waals surface area contributed by atoms with Crippen LogP contribution < -0.4 is 0 Å². The Labute approximate surface area is 99.2 Å². The predicted octanol–water partition coefficient (Wildman–Crippen LogP) is 3.55. The van der Waals surface area contributed by atoms with E-state index in [4.69, 9.17) is 13.1 Å². The Bertz CT molecular complexity index is 633. The smallest absolute Gasteiger partial charge is 0.294 e. The maximum Gasteiger partial charge on any atom is 0.294 e. The van der Waals surface area contributed by atoms with E-state index in [-0.39, 0.29) is 11.6 Å². The first-order valence-corrected chi connectivity index (χ1v) is 4.95. The monoisotopic (exact) mass is 220 g/mol. The largest absolute Gasteiger partial charge is 0.370 e. The summed E-state index contributed by atoms with van der Waals surface area (Å²) in [5.41, 5.74) is 2.22. The van der Waals surface area contributed by atoms with Crippen molar-refractivity contribution in [3.63, 3.8) is 0 Å². The third kappa shape index (κ3) is 1.97. The summed E-state index contributed by atoms with van der Waals surface area (Å²) in [6.07, 6.45) is 0. The molecule has 4 heteroatoms. The lowest BCUT2D eigenvalue weighted by atomic mass is 10.1. The van der Waals surface area contributed by atoms with Gasteiger partial charge in [-0.05, 0) is 0 Å². The molecule has 0 aliphatic rings. The Kier molecular flexibility index (Phi) is 2.81. The van der Waals surface area contributed by atoms with E-state index in [9.17, 15) is 0 Å². The maximum absolute atomic E-state index is 7.00. The van der Waals surface area contributed by atoms with Crippen molar-refractivity contribution in [2.45, 2.75) is 6.92 Å². The second-order valence-corrected chi connectivity index (χ2v) is 3.39. The molecule has 0 unspecified atom stereocenters. The lowest BCUT2D eigenvalue weighted by molar-refractivity contribution is 1.15. The van der Waals surface area contributed by atoms with Gasteiger partial charge in [-0.1, -0.05) is 43.5 Å². The third-order valence-electron chi connectivity index (χ3n) is 2.29. The van der Waals surface area contributed by atoms with E-state index in [1.165, 1.54) is 0 Å². The van der Waals surface area contributed by atoms with Crippen LogP contribution in [-0.2, 0) is 0 Å². The van der Waals surface area contributed by atoms with E-state index < -0.39 is 0 Å². The lowest BCUT2D eigenvalue weighted by Crippen LogP contribution is -1.92. The van der Waals surface area contributed by atoms with Crippen LogP contribution in [0.4, 0.5) is 11.6 Å². The minimum absolute atomic E-state index is 0.0597. The fraction of sp³-hybridized carbons (Fsp3) is 0.0769. The van der Waals surface area contributed by atoms with Gasteiger partial charge in [0, 0.05) is 12.5 Å². The molecule has 0 aliphatic heterocycles. The SMILES string of the molecule is [C-]#[N+]c1nc(C)c(-c2ccccc2)nc1[N+]#[C-]. The first kappa shape index (κ1) is 10.8. The standard InChI is InChI=1S/C13H8N4/c1-9-11(10-7-5-4-6-8-10)17-13(15-3)12(14-2)16-9/h4-8H,1H3. The van der Waals surface area contributed by atoms with Crippen molar-refractivity contribution in [1.82, 2.24) is 9.97 Å². The van der Waals surface area contributed by atoms with E-state index in [0.29, 0.717) is 11.4 Å². The number of aryl methyl sites for hydroxylation is 1. The molecular weight excluding hydrogens is 212 g/mol. The average Bonchev–Trinajstić information content (AvgIpc) is 2.39. The summed E-state index contributed by atoms with van der Waals surface area (Å²) in [4.78, 5) is 14.7. The van der Waals surface area contributed by atoms with Crippen LogP contribution in [0.25, 0.3) is 20.9 Å². The van der Waals surface area contributed by atoms with Gasteiger partial charge in [-0.25, -0.2) is 0 Å². The first-order valence-electron chi connectivity index (χ1n) is 4.95. The molecule has 1 heterocycles. The quantitative estimate of drug-likeness (QED) is 0.689. The number of aromatic nitrogens is 2. The van der Waals surface area contributed by atoms with Gasteiger partial charge in [0.15, 0.2) is 5.69 Å². The molecule has 0 saturated carbocycles. The number of nitrogens with zero attached hydrogens (tertiary/aromatic N) is 4. The van der Waals surface area contributed by atoms with Gasteiger partial charge < -0.3 is 9.69 Å². The molecule has 1 aromatic heterocycles. The summed E-state index contributed by atoms with van der Waals surface area (Å²) in [7, 11) is 0. The highest BCUT2D eigenvalue weighted by molar-refractivity contribution is 5.69. The van der Waals surface area contributed by atoms with E-state index in [0.717, 1.165) is 5.56 Å². The van der Waals surface area contributed by atoms with Crippen LogP contribution in [-0.4, -0.2) is 9.97 Å². The summed E-state index contributed by atoms with van der Waals surface area (Å²) in [6.45, 7) is 15.7. The average molecular weight is 220 g/mol. The second kappa shape index (κ2) is 4.42. The normalized spacial score (nSPS) is 9.35. The minimum atomic E-state index is 0.0597. The van der Waals surface area contributed by atoms with Gasteiger partial charge in [-0.2, -0.15) is 0 Å². The summed E-state index contributed by atoms with van der Waals surface area (Å²) in [5, 5.41) is 0. The molecule has 0 aliphatic carbocycles. The number of rotatable bonds is 1. The van der Waals surface area contributed by atoms with Crippen LogP contribution in [0.2, 0.25) is 0 Å². The van der Waals surface area contributed by atoms with Crippen molar-refractivity contribution in [2.24, 2.45) is 0 Å². The van der Waals surface area contributed by atoms with Gasteiger partial charge in [-0.15, -0.1) is 9.97 Å². The van der Waals surface area contributed by atoms with Gasteiger partial charge in [0.2, 0.25) is 5.69 Å². The van der Waals surface area contributed by atoms with Crippen molar-refractivity contribution < 1.29 is 0 Å². The van der Waals surface area contributed by atoms with E-state index in [2.05, 4.69) is 19.7 Å². The van der Waals surface area contributed by atoms with Crippen molar-refractivity contribution >= 4 is 11.6 Å². The zero-order valence-corrected chi connectivity index (χ0v) is 9.18. The highest BCUT2D eigenvalue weighted by Crippen LogP contribution is 2.29. The Hall–Kier alpha value is -2.72. The highest BCUT2D eigenvalue weighted by Gasteiger charge is 2.17. The molecule has 2 rings (SSSR count). The molecule has 17 heavy (non-hydrogen) atoms. The molecule has 0 atom stereocenters. The lowest BCUT2D eigenvalue weighted by Gasteiger charge is -2.00. The van der Waals surface area contributed by atoms with Crippen LogP contribution in [0.5, 0.6) is 0 Å². The van der Waals surface area contributed by atoms with Crippen molar-refractivity contribution in [1.29, 1.82) is 0 Å². The molecule has 2 aromatic rings. The molecule has 0 saturated heterocycles. The molecular formula is C13H8N4. The Morgan fingerprint density at radius 1 is 0.941 bits per heavy atom. The topological polar surface area (TPSA) is 34.5 Å². The van der Waals surface area contributed by atoms with Gasteiger partial charge >= 0.3 is 0 Å². The Morgan fingerprint density at radius 3 is 2.12 bits per heavy atom. The van der Waals surface area contributed by atoms with Gasteiger partial charge in [0.25, 0.3) is 11.6 Å². The van der Waals surface area contributed by atoms with E-state index in [1.54, 1.807) is 6.92 Å². The second-order valence-electron chi connectivity index (χ2n) is 3.39. The zero-order valence-electron chi connectivity index (χ0n) is 9.18. The molecule has 80 valence electrons. The fourth-order valence-corrected chi connectivity index (χ4v) is 1.52. The summed E-state index contributed by atoms with van der Waals surface area (Å²) in [5.74, 6) is 0.127. The van der Waals surface area contributed by atoms with E-state index in [1.807, 2.05) is 30.3 Å². The molecule has 0 amide bonds. The molecule has 0 fully saturated rings. The van der Waals surface area contributed by atoms with E-state index >= 15 is 0 Å². The molecule has 0 bridgehead atoms. The van der Waals surface area contributed by atoms with Crippen molar-refractivity contribution in [3.05, 3.63) is 58.9 Å². The summed E-state index contributed by atoms with van der Waals surface area (Å²) >= 11 is 0. The van der Waals surface area contributed by atoms with Crippen LogP contribution in [0, 0.1) is 20.1 Å². The summed E-state index contributed by atoms with van der Waals surface area (Å²) in [6, 6.07) is 9.52. The molecule has 4 nitrogen and oxygen atoms in total. The number of benzene rings is 1. The van der Waals surface area contributed by atoms with Gasteiger partial charge in [-0.3, -0.25) is 0 Å². The minimum Gasteiger partial charge on any atom is -0.370 e. The van der Waals surface area contributed by atoms with Gasteiger partial charge in [0.05, 0.1) is 0 Å². The molecule has 0 spiro atoms. The number of hydrogen-bond donors (Lipinski definition) is 0. The summed E-state index contributed by atoms with van der Waals surface area (Å²) < 4.78 is 0. The fourth-order valence-electron chi connectivity index (χ4n) is 1.52. The molecule has 0 N–H and O–H groups in total. The van der Waals surface area contributed by atoms with Crippen LogP contribution in [0.3, 0.4) is 0 Å². The molecule has 0 radical (unpaired) electrons. The predicted molar refractivity (Wildman–Crippen MR) is 64.7 cm³/mol. The Morgan fingerprint density at radius 2 is 1.53 bits per heavy atom. The third-order valence-corrected chi connectivity index (χ3v) is 2.29.